The Labute approximate surface area is 246 Å². The van der Waals surface area contributed by atoms with E-state index in [1.54, 1.807) is 17.0 Å². The van der Waals surface area contributed by atoms with E-state index in [0.29, 0.717) is 42.1 Å². The molecule has 0 unspecified atom stereocenters. The number of anilines is 1. The van der Waals surface area contributed by atoms with Gasteiger partial charge in [-0.05, 0) is 42.5 Å². The van der Waals surface area contributed by atoms with Gasteiger partial charge in [0.25, 0.3) is 5.91 Å². The Kier molecular flexibility index (Phi) is 7.69. The number of para-hydroxylation sites is 1. The number of aromatic nitrogens is 4. The molecule has 2 aromatic carbocycles. The number of rotatable bonds is 7. The molecule has 4 heterocycles. The maximum atomic E-state index is 13.4. The van der Waals surface area contributed by atoms with Crippen LogP contribution in [0.4, 0.5) is 18.9 Å². The summed E-state index contributed by atoms with van der Waals surface area (Å²) in [6, 6.07) is 15.7. The molecule has 42 heavy (non-hydrogen) atoms. The summed E-state index contributed by atoms with van der Waals surface area (Å²) >= 11 is 7.47. The molecule has 216 valence electrons. The Hall–Kier alpha value is -4.23. The number of hydrogen-bond acceptors (Lipinski definition) is 8. The second-order valence-electron chi connectivity index (χ2n) is 9.31. The highest BCUT2D eigenvalue weighted by Crippen LogP contribution is 2.34. The fraction of sp³-hybridized carbons (Fsp3) is 0.214. The van der Waals surface area contributed by atoms with E-state index in [0.717, 1.165) is 29.6 Å². The molecule has 5 aromatic rings. The quantitative estimate of drug-likeness (QED) is 0.193. The van der Waals surface area contributed by atoms with Crippen LogP contribution in [0.5, 0.6) is 0 Å². The van der Waals surface area contributed by atoms with E-state index in [2.05, 4.69) is 20.1 Å². The number of benzene rings is 2. The average Bonchev–Trinajstić information content (AvgIpc) is 3.77. The minimum absolute atomic E-state index is 0.156. The fourth-order valence-corrected chi connectivity index (χ4v) is 5.67. The number of carbonyl (C=O) groups excluding carboxylic acids is 1. The van der Waals surface area contributed by atoms with E-state index in [1.807, 2.05) is 24.3 Å². The van der Waals surface area contributed by atoms with E-state index in [4.69, 9.17) is 20.4 Å². The van der Waals surface area contributed by atoms with Crippen LogP contribution in [0.15, 0.2) is 87.2 Å². The molecule has 0 atom stereocenters. The highest BCUT2D eigenvalue weighted by molar-refractivity contribution is 7.98. The zero-order chi connectivity index (χ0) is 29.3. The molecule has 3 aromatic heterocycles. The van der Waals surface area contributed by atoms with Crippen LogP contribution in [0.2, 0.25) is 5.02 Å². The second kappa shape index (κ2) is 11.6. The smallest absolute Gasteiger partial charge is 0.416 e. The van der Waals surface area contributed by atoms with Gasteiger partial charge in [0, 0.05) is 26.2 Å². The first kappa shape index (κ1) is 27.9. The zero-order valence-corrected chi connectivity index (χ0v) is 23.4. The van der Waals surface area contributed by atoms with Crippen molar-refractivity contribution in [3.05, 3.63) is 95.4 Å². The Balaban J connectivity index is 1.16. The summed E-state index contributed by atoms with van der Waals surface area (Å²) < 4.78 is 52.8. The van der Waals surface area contributed by atoms with Gasteiger partial charge >= 0.3 is 6.18 Å². The topological polar surface area (TPSA) is 93.4 Å². The van der Waals surface area contributed by atoms with Crippen LogP contribution < -0.4 is 4.90 Å². The van der Waals surface area contributed by atoms with Crippen LogP contribution >= 0.6 is 23.4 Å². The standard InChI is InChI=1S/C28H22ClF3N6O3S/c29-20-7-1-2-8-22(20)36-10-12-37(13-11-36)26(39)21-16-41-24(33-21)17-42-27-35-34-25(23-9-4-14-40-23)38(27)19-6-3-5-18(15-19)28(30,31)32/h1-9,14-16H,10-13,17H2. The van der Waals surface area contributed by atoms with Gasteiger partial charge in [-0.25, -0.2) is 4.98 Å². The first-order valence-electron chi connectivity index (χ1n) is 12.8. The second-order valence-corrected chi connectivity index (χ2v) is 10.7. The van der Waals surface area contributed by atoms with Crippen LogP contribution in [0.25, 0.3) is 17.3 Å². The summed E-state index contributed by atoms with van der Waals surface area (Å²) in [6.45, 7) is 2.24. The van der Waals surface area contributed by atoms with Gasteiger partial charge in [-0.1, -0.05) is 41.6 Å². The normalized spacial score (nSPS) is 14.0. The van der Waals surface area contributed by atoms with Crippen molar-refractivity contribution in [2.24, 2.45) is 0 Å². The first-order valence-corrected chi connectivity index (χ1v) is 14.2. The van der Waals surface area contributed by atoms with E-state index >= 15 is 0 Å². The number of amides is 1. The molecule has 14 heteroatoms. The van der Waals surface area contributed by atoms with Gasteiger partial charge in [0.2, 0.25) is 11.7 Å². The van der Waals surface area contributed by atoms with Gasteiger partial charge in [0.1, 0.15) is 6.26 Å². The molecule has 0 aliphatic carbocycles. The minimum atomic E-state index is -4.52. The number of carbonyl (C=O) groups is 1. The third kappa shape index (κ3) is 5.74. The van der Waals surface area contributed by atoms with Gasteiger partial charge < -0.3 is 18.6 Å². The molecule has 0 radical (unpaired) electrons. The third-order valence-corrected chi connectivity index (χ3v) is 7.90. The number of oxazole rings is 1. The van der Waals surface area contributed by atoms with Crippen molar-refractivity contribution in [3.63, 3.8) is 0 Å². The lowest BCUT2D eigenvalue weighted by Gasteiger charge is -2.36. The van der Waals surface area contributed by atoms with Gasteiger partial charge in [0.05, 0.1) is 34.0 Å². The van der Waals surface area contributed by atoms with Gasteiger partial charge in [0.15, 0.2) is 16.6 Å². The van der Waals surface area contributed by atoms with Crippen molar-refractivity contribution in [3.8, 4) is 17.3 Å². The third-order valence-electron chi connectivity index (χ3n) is 6.66. The summed E-state index contributed by atoms with van der Waals surface area (Å²) in [5, 5.41) is 9.30. The van der Waals surface area contributed by atoms with Crippen molar-refractivity contribution in [2.45, 2.75) is 17.1 Å². The first-order chi connectivity index (χ1) is 20.3. The van der Waals surface area contributed by atoms with Gasteiger partial charge in [-0.2, -0.15) is 13.2 Å². The number of piperazine rings is 1. The van der Waals surface area contributed by atoms with Crippen molar-refractivity contribution < 1.29 is 26.8 Å². The highest BCUT2D eigenvalue weighted by atomic mass is 35.5. The van der Waals surface area contributed by atoms with Crippen LogP contribution in [0.1, 0.15) is 21.9 Å². The van der Waals surface area contributed by atoms with Crippen LogP contribution in [0, 0.1) is 0 Å². The number of halogens is 4. The summed E-state index contributed by atoms with van der Waals surface area (Å²) in [7, 11) is 0. The Morgan fingerprint density at radius 3 is 2.52 bits per heavy atom. The molecular weight excluding hydrogens is 593 g/mol. The van der Waals surface area contributed by atoms with Gasteiger partial charge in [-0.3, -0.25) is 9.36 Å². The molecule has 1 aliphatic rings. The molecule has 1 fully saturated rings. The fourth-order valence-electron chi connectivity index (χ4n) is 4.61. The Morgan fingerprint density at radius 1 is 0.976 bits per heavy atom. The van der Waals surface area contributed by atoms with Crippen LogP contribution in [-0.2, 0) is 11.9 Å². The van der Waals surface area contributed by atoms with Gasteiger partial charge in [-0.15, -0.1) is 10.2 Å². The summed E-state index contributed by atoms with van der Waals surface area (Å²) in [5.41, 5.74) is 0.508. The number of thioether (sulfide) groups is 1. The summed E-state index contributed by atoms with van der Waals surface area (Å²) in [6.07, 6.45) is -1.77. The largest absolute Gasteiger partial charge is 0.461 e. The van der Waals surface area contributed by atoms with E-state index in [9.17, 15) is 18.0 Å². The molecule has 1 saturated heterocycles. The molecule has 1 amide bonds. The molecule has 0 spiro atoms. The number of furan rings is 1. The summed E-state index contributed by atoms with van der Waals surface area (Å²) in [5.74, 6) is 0.742. The molecule has 0 bridgehead atoms. The predicted molar refractivity (Wildman–Crippen MR) is 150 cm³/mol. The maximum Gasteiger partial charge on any atom is 0.416 e. The van der Waals surface area contributed by atoms with E-state index in [1.165, 1.54) is 29.2 Å². The SMILES string of the molecule is O=C(c1coc(CSc2nnc(-c3ccco3)n2-c2cccc(C(F)(F)F)c2)n1)N1CCN(c2ccccc2Cl)CC1. The number of nitrogens with zero attached hydrogens (tertiary/aromatic N) is 6. The van der Waals surface area contributed by atoms with Crippen molar-refractivity contribution in [2.75, 3.05) is 31.1 Å². The number of hydrogen-bond donors (Lipinski definition) is 0. The lowest BCUT2D eigenvalue weighted by Crippen LogP contribution is -2.49. The predicted octanol–water partition coefficient (Wildman–Crippen LogP) is 6.44. The van der Waals surface area contributed by atoms with Crippen LogP contribution in [-0.4, -0.2) is 56.7 Å². The monoisotopic (exact) mass is 614 g/mol. The van der Waals surface area contributed by atoms with Crippen molar-refractivity contribution >= 4 is 35.0 Å². The molecule has 0 N–H and O–H groups in total. The molecule has 1 aliphatic heterocycles. The highest BCUT2D eigenvalue weighted by Gasteiger charge is 2.31. The lowest BCUT2D eigenvalue weighted by atomic mass is 10.2. The van der Waals surface area contributed by atoms with E-state index in [-0.39, 0.29) is 34.8 Å². The molecular formula is C28H22ClF3N6O3S. The minimum Gasteiger partial charge on any atom is -0.461 e. The summed E-state index contributed by atoms with van der Waals surface area (Å²) in [4.78, 5) is 21.3. The Bertz CT molecular complexity index is 1700. The van der Waals surface area contributed by atoms with Crippen molar-refractivity contribution in [1.82, 2.24) is 24.6 Å². The van der Waals surface area contributed by atoms with Crippen molar-refractivity contribution in [1.29, 1.82) is 0 Å². The molecule has 6 rings (SSSR count). The zero-order valence-electron chi connectivity index (χ0n) is 21.8. The average molecular weight is 615 g/mol. The van der Waals surface area contributed by atoms with Crippen LogP contribution in [0.3, 0.4) is 0 Å². The van der Waals surface area contributed by atoms with E-state index < -0.39 is 11.7 Å². The Morgan fingerprint density at radius 2 is 1.79 bits per heavy atom. The lowest BCUT2D eigenvalue weighted by molar-refractivity contribution is -0.137. The molecule has 9 nitrogen and oxygen atoms in total. The molecule has 0 saturated carbocycles. The number of alkyl halides is 3. The maximum absolute atomic E-state index is 13.4.